The number of anilines is 1. The van der Waals surface area contributed by atoms with E-state index in [0.29, 0.717) is 30.0 Å². The van der Waals surface area contributed by atoms with E-state index in [0.717, 1.165) is 4.90 Å². The summed E-state index contributed by atoms with van der Waals surface area (Å²) in [6.07, 6.45) is -0.308. The maximum Gasteiger partial charge on any atom is 0.327 e. The predicted molar refractivity (Wildman–Crippen MR) is 100 cm³/mol. The lowest BCUT2D eigenvalue weighted by Gasteiger charge is -2.23. The van der Waals surface area contributed by atoms with Crippen molar-refractivity contribution in [3.05, 3.63) is 18.2 Å². The molecule has 3 rings (SSSR count). The fourth-order valence-corrected chi connectivity index (χ4v) is 3.18. The number of benzene rings is 1. The van der Waals surface area contributed by atoms with Gasteiger partial charge in [-0.3, -0.25) is 19.3 Å². The first-order valence-corrected chi connectivity index (χ1v) is 9.33. The fourth-order valence-electron chi connectivity index (χ4n) is 3.18. The molecule has 2 aliphatic heterocycles. The Kier molecular flexibility index (Phi) is 5.62. The molecule has 1 saturated heterocycles. The molecule has 2 heterocycles. The molecular formula is C19H23N3O7. The van der Waals surface area contributed by atoms with Gasteiger partial charge < -0.3 is 24.8 Å². The molecule has 29 heavy (non-hydrogen) atoms. The summed E-state index contributed by atoms with van der Waals surface area (Å²) in [6, 6.07) is 4.23. The predicted octanol–water partition coefficient (Wildman–Crippen LogP) is 1.40. The van der Waals surface area contributed by atoms with Crippen molar-refractivity contribution in [1.82, 2.24) is 10.2 Å². The van der Waals surface area contributed by atoms with Crippen LogP contribution in [-0.2, 0) is 19.1 Å². The van der Waals surface area contributed by atoms with Crippen molar-refractivity contribution in [1.29, 1.82) is 0 Å². The fraction of sp³-hybridized carbons (Fsp3) is 0.474. The quantitative estimate of drug-likeness (QED) is 0.519. The number of ether oxygens (including phenoxy) is 3. The highest BCUT2D eigenvalue weighted by Crippen LogP contribution is 2.34. The van der Waals surface area contributed by atoms with Gasteiger partial charge in [0.25, 0.3) is 11.8 Å². The lowest BCUT2D eigenvalue weighted by Crippen LogP contribution is -2.46. The van der Waals surface area contributed by atoms with Gasteiger partial charge in [0.05, 0.1) is 0 Å². The summed E-state index contributed by atoms with van der Waals surface area (Å²) < 4.78 is 15.5. The zero-order chi connectivity index (χ0) is 21.2. The van der Waals surface area contributed by atoms with Gasteiger partial charge in [-0.15, -0.1) is 0 Å². The summed E-state index contributed by atoms with van der Waals surface area (Å²) in [5.74, 6) is -0.815. The molecule has 1 fully saturated rings. The summed E-state index contributed by atoms with van der Waals surface area (Å²) in [5, 5.41) is 5.24. The van der Waals surface area contributed by atoms with Crippen LogP contribution in [0, 0.1) is 0 Å². The standard InChI is InChI=1S/C19H23N3O7/c1-4-19(5-2)17(25)22(18(26)21-19)9-15(23)29-11(3)16(24)20-12-6-7-13-14(8-12)28-10-27-13/h6-8,11H,4-5,9-10H2,1-3H3,(H,20,24)(H,21,26)/t11-/m1/s1. The van der Waals surface area contributed by atoms with Gasteiger partial charge in [0.15, 0.2) is 17.6 Å². The van der Waals surface area contributed by atoms with Gasteiger partial charge in [0.2, 0.25) is 6.79 Å². The van der Waals surface area contributed by atoms with E-state index >= 15 is 0 Å². The number of imide groups is 1. The topological polar surface area (TPSA) is 123 Å². The molecule has 1 aromatic carbocycles. The van der Waals surface area contributed by atoms with Crippen molar-refractivity contribution < 1.29 is 33.4 Å². The summed E-state index contributed by atoms with van der Waals surface area (Å²) in [7, 11) is 0. The second kappa shape index (κ2) is 7.98. The van der Waals surface area contributed by atoms with Gasteiger partial charge in [-0.1, -0.05) is 13.8 Å². The molecule has 0 saturated carbocycles. The minimum absolute atomic E-state index is 0.112. The Morgan fingerprint density at radius 3 is 2.59 bits per heavy atom. The van der Waals surface area contributed by atoms with Crippen LogP contribution in [0.4, 0.5) is 10.5 Å². The Morgan fingerprint density at radius 2 is 1.93 bits per heavy atom. The molecule has 0 aliphatic carbocycles. The van der Waals surface area contributed by atoms with E-state index in [-0.39, 0.29) is 6.79 Å². The summed E-state index contributed by atoms with van der Waals surface area (Å²) in [5.41, 5.74) is -0.549. The van der Waals surface area contributed by atoms with Gasteiger partial charge in [-0.2, -0.15) is 0 Å². The molecule has 10 nitrogen and oxygen atoms in total. The van der Waals surface area contributed by atoms with Crippen LogP contribution >= 0.6 is 0 Å². The second-order valence-corrected chi connectivity index (χ2v) is 6.80. The molecule has 0 spiro atoms. The average Bonchev–Trinajstić information content (AvgIpc) is 3.25. The highest BCUT2D eigenvalue weighted by atomic mass is 16.7. The zero-order valence-corrected chi connectivity index (χ0v) is 16.4. The van der Waals surface area contributed by atoms with Gasteiger partial charge >= 0.3 is 12.0 Å². The Hall–Kier alpha value is -3.30. The molecule has 0 radical (unpaired) electrons. The number of esters is 1. The number of nitrogens with one attached hydrogen (secondary N) is 2. The summed E-state index contributed by atoms with van der Waals surface area (Å²) in [6.45, 7) is 4.52. The van der Waals surface area contributed by atoms with Crippen LogP contribution in [0.3, 0.4) is 0 Å². The van der Waals surface area contributed by atoms with Crippen LogP contribution in [0.5, 0.6) is 11.5 Å². The minimum atomic E-state index is -1.13. The van der Waals surface area contributed by atoms with Crippen molar-refractivity contribution >= 4 is 29.5 Å². The molecular weight excluding hydrogens is 382 g/mol. The molecule has 1 aromatic rings. The number of nitrogens with zero attached hydrogens (tertiary/aromatic N) is 1. The number of carbonyl (C=O) groups excluding carboxylic acids is 4. The number of hydrogen-bond donors (Lipinski definition) is 2. The van der Waals surface area contributed by atoms with E-state index in [9.17, 15) is 19.2 Å². The molecule has 4 amide bonds. The van der Waals surface area contributed by atoms with E-state index in [2.05, 4.69) is 10.6 Å². The van der Waals surface area contributed by atoms with Crippen LogP contribution in [0.2, 0.25) is 0 Å². The Bertz CT molecular complexity index is 850. The third-order valence-corrected chi connectivity index (χ3v) is 5.06. The maximum absolute atomic E-state index is 12.5. The molecule has 2 N–H and O–H groups in total. The number of carbonyl (C=O) groups is 4. The highest BCUT2D eigenvalue weighted by Gasteiger charge is 2.49. The van der Waals surface area contributed by atoms with E-state index in [1.54, 1.807) is 32.0 Å². The first kappa shape index (κ1) is 20.4. The average molecular weight is 405 g/mol. The number of fused-ring (bicyclic) bond motifs is 1. The SMILES string of the molecule is CCC1(CC)NC(=O)N(CC(=O)O[C@H](C)C(=O)Nc2ccc3c(c2)OCO3)C1=O. The molecule has 1 atom stereocenters. The van der Waals surface area contributed by atoms with E-state index in [1.165, 1.54) is 6.92 Å². The lowest BCUT2D eigenvalue weighted by molar-refractivity contribution is -0.155. The number of amides is 4. The minimum Gasteiger partial charge on any atom is -0.454 e. The Balaban J connectivity index is 1.55. The van der Waals surface area contributed by atoms with E-state index in [4.69, 9.17) is 14.2 Å². The normalized spacial score (nSPS) is 17.7. The summed E-state index contributed by atoms with van der Waals surface area (Å²) in [4.78, 5) is 49.9. The molecule has 0 aromatic heterocycles. The smallest absolute Gasteiger partial charge is 0.327 e. The molecule has 2 aliphatic rings. The van der Waals surface area contributed by atoms with Crippen LogP contribution in [0.1, 0.15) is 33.6 Å². The van der Waals surface area contributed by atoms with Crippen molar-refractivity contribution in [2.24, 2.45) is 0 Å². The van der Waals surface area contributed by atoms with Crippen LogP contribution in [0.25, 0.3) is 0 Å². The van der Waals surface area contributed by atoms with Gasteiger partial charge in [-0.25, -0.2) is 4.79 Å². The largest absolute Gasteiger partial charge is 0.454 e. The highest BCUT2D eigenvalue weighted by molar-refractivity contribution is 6.08. The Morgan fingerprint density at radius 1 is 1.24 bits per heavy atom. The molecule has 0 unspecified atom stereocenters. The van der Waals surface area contributed by atoms with Gasteiger partial charge in [0.1, 0.15) is 12.1 Å². The monoisotopic (exact) mass is 405 g/mol. The third-order valence-electron chi connectivity index (χ3n) is 5.06. The molecule has 0 bridgehead atoms. The van der Waals surface area contributed by atoms with Crippen molar-refractivity contribution in [2.45, 2.75) is 45.3 Å². The van der Waals surface area contributed by atoms with Crippen LogP contribution < -0.4 is 20.1 Å². The number of hydrogen-bond acceptors (Lipinski definition) is 7. The van der Waals surface area contributed by atoms with Crippen molar-refractivity contribution in [3.63, 3.8) is 0 Å². The number of rotatable bonds is 7. The van der Waals surface area contributed by atoms with Crippen LogP contribution in [-0.4, -0.2) is 53.7 Å². The third kappa shape index (κ3) is 3.96. The summed E-state index contributed by atoms with van der Waals surface area (Å²) >= 11 is 0. The van der Waals surface area contributed by atoms with Crippen molar-refractivity contribution in [2.75, 3.05) is 18.7 Å². The second-order valence-electron chi connectivity index (χ2n) is 6.80. The molecule has 10 heteroatoms. The van der Waals surface area contributed by atoms with Gasteiger partial charge in [-0.05, 0) is 31.9 Å². The van der Waals surface area contributed by atoms with E-state index < -0.39 is 42.0 Å². The van der Waals surface area contributed by atoms with Crippen molar-refractivity contribution in [3.8, 4) is 11.5 Å². The Labute approximate surface area is 167 Å². The first-order chi connectivity index (χ1) is 13.8. The lowest BCUT2D eigenvalue weighted by atomic mass is 9.93. The van der Waals surface area contributed by atoms with E-state index in [1.807, 2.05) is 0 Å². The maximum atomic E-state index is 12.5. The first-order valence-electron chi connectivity index (χ1n) is 9.33. The van der Waals surface area contributed by atoms with Gasteiger partial charge in [0, 0.05) is 11.8 Å². The zero-order valence-electron chi connectivity index (χ0n) is 16.4. The van der Waals surface area contributed by atoms with Crippen LogP contribution in [0.15, 0.2) is 18.2 Å². The molecule has 156 valence electrons. The number of urea groups is 1.